The summed E-state index contributed by atoms with van der Waals surface area (Å²) in [6.07, 6.45) is 0. The molecule has 6 nitrogen and oxygen atoms in total. The van der Waals surface area contributed by atoms with Crippen LogP contribution in [0.4, 0.5) is 0 Å². The molecule has 4 rings (SSSR count). The topological polar surface area (TPSA) is 77.1 Å². The van der Waals surface area contributed by atoms with E-state index in [2.05, 4.69) is 37.5 Å². The van der Waals surface area contributed by atoms with Gasteiger partial charge in [0.15, 0.2) is 5.82 Å². The van der Waals surface area contributed by atoms with Gasteiger partial charge in [-0.05, 0) is 65.1 Å². The number of para-hydroxylation sites is 2. The van der Waals surface area contributed by atoms with E-state index in [1.54, 1.807) is 37.4 Å². The van der Waals surface area contributed by atoms with Crippen LogP contribution in [-0.4, -0.2) is 27.8 Å². The average Bonchev–Trinajstić information content (AvgIpc) is 3.14. The van der Waals surface area contributed by atoms with E-state index in [9.17, 15) is 4.79 Å². The molecule has 0 fully saturated rings. The molecule has 0 spiro atoms. The van der Waals surface area contributed by atoms with Crippen LogP contribution in [0.3, 0.4) is 0 Å². The Balaban J connectivity index is 1.54. The molecule has 0 unspecified atom stereocenters. The van der Waals surface area contributed by atoms with Gasteiger partial charge in [-0.2, -0.15) is 4.98 Å². The molecule has 0 aliphatic heterocycles. The van der Waals surface area contributed by atoms with E-state index in [-0.39, 0.29) is 5.78 Å². The fourth-order valence-corrected chi connectivity index (χ4v) is 3.12. The molecule has 0 saturated carbocycles. The summed E-state index contributed by atoms with van der Waals surface area (Å²) in [4.78, 5) is 24.3. The lowest BCUT2D eigenvalue weighted by Gasteiger charge is -2.08. The van der Waals surface area contributed by atoms with Crippen molar-refractivity contribution in [3.63, 3.8) is 0 Å². The molecule has 134 valence electrons. The van der Waals surface area contributed by atoms with E-state index < -0.39 is 0 Å². The van der Waals surface area contributed by atoms with Crippen LogP contribution in [0.1, 0.15) is 16.2 Å². The van der Waals surface area contributed by atoms with Crippen LogP contribution in [0, 0.1) is 3.57 Å². The van der Waals surface area contributed by atoms with Gasteiger partial charge in [-0.1, -0.05) is 12.1 Å². The highest BCUT2D eigenvalue weighted by atomic mass is 127. The van der Waals surface area contributed by atoms with Gasteiger partial charge in [-0.25, -0.2) is 4.98 Å². The van der Waals surface area contributed by atoms with Crippen molar-refractivity contribution >= 4 is 39.4 Å². The van der Waals surface area contributed by atoms with Gasteiger partial charge in [0, 0.05) is 11.6 Å². The zero-order valence-corrected chi connectivity index (χ0v) is 16.4. The minimum atomic E-state index is -0.174. The molecule has 7 heteroatoms. The number of rotatable bonds is 5. The van der Waals surface area contributed by atoms with Crippen molar-refractivity contribution in [2.75, 3.05) is 7.11 Å². The maximum absolute atomic E-state index is 12.6. The molecule has 0 amide bonds. The third-order valence-electron chi connectivity index (χ3n) is 3.93. The predicted molar refractivity (Wildman–Crippen MR) is 110 cm³/mol. The van der Waals surface area contributed by atoms with Gasteiger partial charge in [0.1, 0.15) is 5.75 Å². The van der Waals surface area contributed by atoms with Crippen molar-refractivity contribution < 1.29 is 14.3 Å². The summed E-state index contributed by atoms with van der Waals surface area (Å²) in [5, 5.41) is 0. The van der Waals surface area contributed by atoms with E-state index in [1.165, 1.54) is 0 Å². The number of aromatic nitrogens is 3. The van der Waals surface area contributed by atoms with Gasteiger partial charge in [0.05, 0.1) is 21.7 Å². The lowest BCUT2D eigenvalue weighted by atomic mass is 10.1. The Morgan fingerprint density at radius 3 is 2.52 bits per heavy atom. The minimum absolute atomic E-state index is 0.174. The van der Waals surface area contributed by atoms with Crippen molar-refractivity contribution in [3.8, 4) is 17.5 Å². The minimum Gasteiger partial charge on any atom is -0.480 e. The van der Waals surface area contributed by atoms with Gasteiger partial charge >= 0.3 is 0 Å². The zero-order chi connectivity index (χ0) is 18.8. The molecule has 2 aromatic carbocycles. The quantitative estimate of drug-likeness (QED) is 0.340. The number of pyridine rings is 1. The van der Waals surface area contributed by atoms with Crippen LogP contribution in [0.5, 0.6) is 17.5 Å². The maximum atomic E-state index is 12.6. The number of halogens is 1. The first-order chi connectivity index (χ1) is 13.1. The summed E-state index contributed by atoms with van der Waals surface area (Å²) < 4.78 is 11.8. The third kappa shape index (κ3) is 3.63. The van der Waals surface area contributed by atoms with Crippen LogP contribution in [-0.2, 0) is 0 Å². The highest BCUT2D eigenvalue weighted by Crippen LogP contribution is 2.26. The second-order valence-electron chi connectivity index (χ2n) is 5.70. The van der Waals surface area contributed by atoms with Crippen molar-refractivity contribution in [2.45, 2.75) is 0 Å². The number of hydrogen-bond donors (Lipinski definition) is 1. The van der Waals surface area contributed by atoms with E-state index in [1.807, 2.05) is 30.3 Å². The van der Waals surface area contributed by atoms with Crippen molar-refractivity contribution in [1.29, 1.82) is 0 Å². The highest BCUT2D eigenvalue weighted by Gasteiger charge is 2.14. The second-order valence-corrected chi connectivity index (χ2v) is 6.86. The van der Waals surface area contributed by atoms with Crippen molar-refractivity contribution in [3.05, 3.63) is 75.6 Å². The number of imidazole rings is 1. The van der Waals surface area contributed by atoms with E-state index >= 15 is 0 Å². The molecule has 4 aromatic rings. The monoisotopic (exact) mass is 471 g/mol. The number of carbonyl (C=O) groups excluding carboxylic acids is 1. The lowest BCUT2D eigenvalue weighted by Crippen LogP contribution is -2.03. The predicted octanol–water partition coefficient (Wildman–Crippen LogP) is 4.59. The molecule has 0 saturated heterocycles. The normalized spacial score (nSPS) is 10.7. The smallest absolute Gasteiger partial charge is 0.230 e. The van der Waals surface area contributed by atoms with Gasteiger partial charge in [0.2, 0.25) is 17.5 Å². The number of fused-ring (bicyclic) bond motifs is 1. The van der Waals surface area contributed by atoms with Gasteiger partial charge in [0.25, 0.3) is 0 Å². The summed E-state index contributed by atoms with van der Waals surface area (Å²) in [6, 6.07) is 18.0. The first-order valence-electron chi connectivity index (χ1n) is 8.12. The Morgan fingerprint density at radius 2 is 1.78 bits per heavy atom. The Bertz CT molecular complexity index is 1090. The number of hydrogen-bond acceptors (Lipinski definition) is 5. The summed E-state index contributed by atoms with van der Waals surface area (Å²) in [6.45, 7) is 0. The maximum Gasteiger partial charge on any atom is 0.230 e. The number of nitrogens with zero attached hydrogens (tertiary/aromatic N) is 2. The standard InChI is InChI=1S/C20H14IN3O3/c1-26-20-14(21)10-11-17(24-20)27-13-8-6-12(7-9-13)18(25)19-22-15-4-2-3-5-16(15)23-19/h2-11H,1H3,(H,22,23). The van der Waals surface area contributed by atoms with Crippen LogP contribution in [0.15, 0.2) is 60.7 Å². The van der Waals surface area contributed by atoms with Crippen LogP contribution in [0.25, 0.3) is 11.0 Å². The number of carbonyl (C=O) groups is 1. The van der Waals surface area contributed by atoms with Crippen molar-refractivity contribution in [2.24, 2.45) is 0 Å². The summed E-state index contributed by atoms with van der Waals surface area (Å²) in [5.74, 6) is 1.64. The number of aromatic amines is 1. The summed E-state index contributed by atoms with van der Waals surface area (Å²) >= 11 is 2.14. The SMILES string of the molecule is COc1nc(Oc2ccc(C(=O)c3nc4ccccc4[nH]3)cc2)ccc1I. The second kappa shape index (κ2) is 7.36. The Hall–Kier alpha value is -2.94. The average molecular weight is 471 g/mol. The number of benzene rings is 2. The Labute approximate surface area is 168 Å². The summed E-state index contributed by atoms with van der Waals surface area (Å²) in [7, 11) is 1.56. The number of H-pyrrole nitrogens is 1. The molecule has 0 aliphatic rings. The molecule has 0 atom stereocenters. The van der Waals surface area contributed by atoms with Crippen LogP contribution in [0.2, 0.25) is 0 Å². The summed E-state index contributed by atoms with van der Waals surface area (Å²) in [5.41, 5.74) is 2.12. The largest absolute Gasteiger partial charge is 0.480 e. The molecule has 2 aromatic heterocycles. The zero-order valence-electron chi connectivity index (χ0n) is 14.3. The molecule has 1 N–H and O–H groups in total. The Morgan fingerprint density at radius 1 is 1.00 bits per heavy atom. The number of methoxy groups -OCH3 is 1. The van der Waals surface area contributed by atoms with E-state index in [4.69, 9.17) is 9.47 Å². The van der Waals surface area contributed by atoms with Crippen LogP contribution < -0.4 is 9.47 Å². The Kier molecular flexibility index (Phi) is 4.76. The fraction of sp³-hybridized carbons (Fsp3) is 0.0500. The molecule has 0 aliphatic carbocycles. The fourth-order valence-electron chi connectivity index (χ4n) is 2.60. The number of ether oxygens (including phenoxy) is 2. The van der Waals surface area contributed by atoms with Gasteiger partial charge in [-0.3, -0.25) is 4.79 Å². The third-order valence-corrected chi connectivity index (χ3v) is 4.75. The van der Waals surface area contributed by atoms with E-state index in [0.717, 1.165) is 14.6 Å². The molecule has 0 bridgehead atoms. The first-order valence-corrected chi connectivity index (χ1v) is 9.20. The molecule has 0 radical (unpaired) electrons. The van der Waals surface area contributed by atoms with Gasteiger partial charge in [-0.15, -0.1) is 0 Å². The molecule has 27 heavy (non-hydrogen) atoms. The highest BCUT2D eigenvalue weighted by molar-refractivity contribution is 14.1. The first kappa shape index (κ1) is 17.5. The van der Waals surface area contributed by atoms with E-state index in [0.29, 0.717) is 28.9 Å². The van der Waals surface area contributed by atoms with Gasteiger partial charge < -0.3 is 14.5 Å². The van der Waals surface area contributed by atoms with Crippen LogP contribution >= 0.6 is 22.6 Å². The lowest BCUT2D eigenvalue weighted by molar-refractivity contribution is 0.103. The molecule has 2 heterocycles. The van der Waals surface area contributed by atoms with Crippen molar-refractivity contribution in [1.82, 2.24) is 15.0 Å². The number of nitrogens with one attached hydrogen (secondary N) is 1. The molecular formula is C20H14IN3O3. The molecular weight excluding hydrogens is 457 g/mol. The number of ketones is 1.